The molecule has 1 amide bonds. The van der Waals surface area contributed by atoms with Crippen LogP contribution in [0.2, 0.25) is 0 Å². The fourth-order valence-electron chi connectivity index (χ4n) is 2.08. The molecule has 0 radical (unpaired) electrons. The first kappa shape index (κ1) is 9.76. The lowest BCUT2D eigenvalue weighted by atomic mass is 9.93. The summed E-state index contributed by atoms with van der Waals surface area (Å²) in [7, 11) is 0. The molecule has 0 aromatic carbocycles. The van der Waals surface area contributed by atoms with Crippen molar-refractivity contribution in [1.29, 1.82) is 0 Å². The summed E-state index contributed by atoms with van der Waals surface area (Å²) in [6.45, 7) is 0. The molecule has 17 heavy (non-hydrogen) atoms. The quantitative estimate of drug-likeness (QED) is 0.617. The van der Waals surface area contributed by atoms with Gasteiger partial charge < -0.3 is 11.5 Å². The van der Waals surface area contributed by atoms with Gasteiger partial charge in [-0.2, -0.15) is 5.10 Å². The maximum absolute atomic E-state index is 11.2. The topological polar surface area (TPSA) is 124 Å². The Bertz CT molecular complexity index is 617. The van der Waals surface area contributed by atoms with Crippen molar-refractivity contribution in [1.82, 2.24) is 20.2 Å². The zero-order valence-electron chi connectivity index (χ0n) is 8.90. The van der Waals surface area contributed by atoms with E-state index in [4.69, 9.17) is 11.5 Å². The van der Waals surface area contributed by atoms with Crippen LogP contribution in [0.25, 0.3) is 11.4 Å². The minimum Gasteiger partial charge on any atom is -0.368 e. The summed E-state index contributed by atoms with van der Waals surface area (Å²) < 4.78 is 0. The summed E-state index contributed by atoms with van der Waals surface area (Å²) in [4.78, 5) is 19.3. The second-order valence-electron chi connectivity index (χ2n) is 3.89. The monoisotopic (exact) mass is 230 g/mol. The zero-order chi connectivity index (χ0) is 12.0. The van der Waals surface area contributed by atoms with Crippen molar-refractivity contribution in [2.24, 2.45) is 5.73 Å². The smallest absolute Gasteiger partial charge is 0.267 e. The number of nitrogens with one attached hydrogen (secondary N) is 1. The van der Waals surface area contributed by atoms with Gasteiger partial charge in [0.1, 0.15) is 11.4 Å². The number of hydrogen-bond acceptors (Lipinski definition) is 5. The molecule has 0 unspecified atom stereocenters. The van der Waals surface area contributed by atoms with Gasteiger partial charge in [0.2, 0.25) is 5.95 Å². The number of H-pyrrole nitrogens is 1. The van der Waals surface area contributed by atoms with Crippen molar-refractivity contribution in [3.05, 3.63) is 23.0 Å². The van der Waals surface area contributed by atoms with Crippen LogP contribution < -0.4 is 11.5 Å². The predicted molar refractivity (Wildman–Crippen MR) is 60.0 cm³/mol. The highest BCUT2D eigenvalue weighted by Gasteiger charge is 2.25. The summed E-state index contributed by atoms with van der Waals surface area (Å²) in [6, 6.07) is 0. The fourth-order valence-corrected chi connectivity index (χ4v) is 2.08. The average Bonchev–Trinajstić information content (AvgIpc) is 2.72. The Balaban J connectivity index is 2.23. The maximum atomic E-state index is 11.2. The second kappa shape index (κ2) is 3.27. The molecule has 7 nitrogen and oxygen atoms in total. The number of nitrogens with zero attached hydrogens (tertiary/aromatic N) is 3. The highest BCUT2D eigenvalue weighted by Crippen LogP contribution is 2.31. The van der Waals surface area contributed by atoms with E-state index in [9.17, 15) is 4.79 Å². The summed E-state index contributed by atoms with van der Waals surface area (Å²) in [6.07, 6.45) is 3.14. The number of anilines is 1. The molecular weight excluding hydrogens is 220 g/mol. The molecule has 1 aliphatic carbocycles. The molecular formula is C10H10N6O. The molecule has 0 spiro atoms. The van der Waals surface area contributed by atoms with Crippen molar-refractivity contribution in [3.8, 4) is 11.4 Å². The standard InChI is InChI=1S/C10H10N6O/c11-9(17)8-5-2-1-4-3-13-10(12)14-6(4)7(5)15-16-8/h3H,1-2H2,(H2,11,17)(H,15,16)(H2,12,13,14). The van der Waals surface area contributed by atoms with Crippen molar-refractivity contribution in [2.45, 2.75) is 12.8 Å². The van der Waals surface area contributed by atoms with Gasteiger partial charge in [-0.25, -0.2) is 9.97 Å². The molecule has 0 fully saturated rings. The van der Waals surface area contributed by atoms with Gasteiger partial charge in [0, 0.05) is 11.8 Å². The normalized spacial score (nSPS) is 12.9. The van der Waals surface area contributed by atoms with Crippen LogP contribution in [0.4, 0.5) is 5.95 Å². The van der Waals surface area contributed by atoms with Crippen LogP contribution in [-0.2, 0) is 12.8 Å². The number of aromatic nitrogens is 4. The first-order valence-corrected chi connectivity index (χ1v) is 5.15. The third-order valence-electron chi connectivity index (χ3n) is 2.87. The van der Waals surface area contributed by atoms with Crippen LogP contribution >= 0.6 is 0 Å². The molecule has 7 heteroatoms. The Hall–Kier alpha value is -2.44. The van der Waals surface area contributed by atoms with E-state index in [0.29, 0.717) is 23.5 Å². The van der Waals surface area contributed by atoms with Crippen LogP contribution in [0, 0.1) is 0 Å². The van der Waals surface area contributed by atoms with Gasteiger partial charge in [0.05, 0.1) is 5.69 Å². The molecule has 2 aromatic heterocycles. The number of fused-ring (bicyclic) bond motifs is 3. The molecule has 86 valence electrons. The Morgan fingerprint density at radius 3 is 2.94 bits per heavy atom. The number of nitrogen functional groups attached to an aromatic ring is 1. The molecule has 1 aliphatic rings. The van der Waals surface area contributed by atoms with Crippen LogP contribution in [0.1, 0.15) is 21.6 Å². The van der Waals surface area contributed by atoms with Crippen LogP contribution in [-0.4, -0.2) is 26.1 Å². The summed E-state index contributed by atoms with van der Waals surface area (Å²) >= 11 is 0. The molecule has 5 N–H and O–H groups in total. The number of carbonyl (C=O) groups excluding carboxylic acids is 1. The highest BCUT2D eigenvalue weighted by atomic mass is 16.1. The Kier molecular flexibility index (Phi) is 1.88. The van der Waals surface area contributed by atoms with Gasteiger partial charge in [-0.1, -0.05) is 0 Å². The SMILES string of the molecule is NC(=O)c1[nH]nc2c1CCc1cnc(N)nc1-2. The molecule has 2 heterocycles. The largest absolute Gasteiger partial charge is 0.368 e. The lowest BCUT2D eigenvalue weighted by molar-refractivity contribution is 0.0994. The van der Waals surface area contributed by atoms with Crippen LogP contribution in [0.5, 0.6) is 0 Å². The first-order chi connectivity index (χ1) is 8.16. The lowest BCUT2D eigenvalue weighted by Crippen LogP contribution is -2.16. The predicted octanol–water partition coefficient (Wildman–Crippen LogP) is -0.354. The molecule has 0 saturated carbocycles. The van der Waals surface area contributed by atoms with Crippen LogP contribution in [0.15, 0.2) is 6.20 Å². The zero-order valence-corrected chi connectivity index (χ0v) is 8.90. The van der Waals surface area contributed by atoms with E-state index in [1.165, 1.54) is 0 Å². The lowest BCUT2D eigenvalue weighted by Gasteiger charge is -2.14. The number of hydrogen-bond donors (Lipinski definition) is 3. The molecule has 3 rings (SSSR count). The number of nitrogens with two attached hydrogens (primary N) is 2. The van der Waals surface area contributed by atoms with Crippen LogP contribution in [0.3, 0.4) is 0 Å². The summed E-state index contributed by atoms with van der Waals surface area (Å²) in [5.74, 6) is -0.315. The molecule has 0 saturated heterocycles. The van der Waals surface area contributed by atoms with Crippen molar-refractivity contribution in [2.75, 3.05) is 5.73 Å². The van der Waals surface area contributed by atoms with E-state index in [2.05, 4.69) is 20.2 Å². The Labute approximate surface area is 96.3 Å². The van der Waals surface area contributed by atoms with E-state index in [1.54, 1.807) is 6.20 Å². The number of aryl methyl sites for hydroxylation is 1. The van der Waals surface area contributed by atoms with Gasteiger partial charge in [-0.3, -0.25) is 9.89 Å². The maximum Gasteiger partial charge on any atom is 0.267 e. The number of carbonyl (C=O) groups is 1. The van der Waals surface area contributed by atoms with E-state index in [1.807, 2.05) is 0 Å². The number of rotatable bonds is 1. The highest BCUT2D eigenvalue weighted by molar-refractivity contribution is 5.94. The summed E-state index contributed by atoms with van der Waals surface area (Å²) in [5, 5.41) is 6.74. The van der Waals surface area contributed by atoms with Gasteiger partial charge in [-0.15, -0.1) is 0 Å². The number of aromatic amines is 1. The van der Waals surface area contributed by atoms with Crippen molar-refractivity contribution < 1.29 is 4.79 Å². The third kappa shape index (κ3) is 1.36. The van der Waals surface area contributed by atoms with Crippen molar-refractivity contribution in [3.63, 3.8) is 0 Å². The second-order valence-corrected chi connectivity index (χ2v) is 3.89. The number of primary amides is 1. The molecule has 0 aliphatic heterocycles. The van der Waals surface area contributed by atoms with Gasteiger partial charge >= 0.3 is 0 Å². The molecule has 0 bridgehead atoms. The van der Waals surface area contributed by atoms with Gasteiger partial charge in [0.15, 0.2) is 0 Å². The van der Waals surface area contributed by atoms with E-state index in [-0.39, 0.29) is 5.95 Å². The minimum atomic E-state index is -0.510. The number of amides is 1. The molecule has 0 atom stereocenters. The fraction of sp³-hybridized carbons (Fsp3) is 0.200. The van der Waals surface area contributed by atoms with Gasteiger partial charge in [-0.05, 0) is 18.4 Å². The molecule has 2 aromatic rings. The minimum absolute atomic E-state index is 0.195. The Morgan fingerprint density at radius 2 is 2.18 bits per heavy atom. The third-order valence-corrected chi connectivity index (χ3v) is 2.87. The first-order valence-electron chi connectivity index (χ1n) is 5.15. The van der Waals surface area contributed by atoms with E-state index in [0.717, 1.165) is 17.5 Å². The van der Waals surface area contributed by atoms with E-state index >= 15 is 0 Å². The van der Waals surface area contributed by atoms with Gasteiger partial charge in [0.25, 0.3) is 5.91 Å². The average molecular weight is 230 g/mol. The Morgan fingerprint density at radius 1 is 1.35 bits per heavy atom. The van der Waals surface area contributed by atoms with E-state index < -0.39 is 5.91 Å². The summed E-state index contributed by atoms with van der Waals surface area (Å²) in [5.41, 5.74) is 14.3. The van der Waals surface area contributed by atoms with Crippen molar-refractivity contribution >= 4 is 11.9 Å².